The molecule has 2 aromatic rings. The van der Waals surface area contributed by atoms with Gasteiger partial charge in [0.2, 0.25) is 5.91 Å². The van der Waals surface area contributed by atoms with Crippen LogP contribution in [0.3, 0.4) is 0 Å². The highest BCUT2D eigenvalue weighted by Gasteiger charge is 2.40. The maximum atomic E-state index is 13.2. The van der Waals surface area contributed by atoms with E-state index >= 15 is 0 Å². The molecular formula is C23H27FN2O3. The second kappa shape index (κ2) is 9.65. The number of benzene rings is 2. The van der Waals surface area contributed by atoms with Gasteiger partial charge in [-0.05, 0) is 43.2 Å². The van der Waals surface area contributed by atoms with Crippen molar-refractivity contribution in [2.45, 2.75) is 19.3 Å². The van der Waals surface area contributed by atoms with Crippen molar-refractivity contribution in [1.82, 2.24) is 10.2 Å². The van der Waals surface area contributed by atoms with E-state index in [1.165, 1.54) is 24.3 Å². The molecule has 2 aromatic carbocycles. The van der Waals surface area contributed by atoms with Crippen LogP contribution in [0.2, 0.25) is 0 Å². The minimum Gasteiger partial charge on any atom is -0.385 e. The molecule has 29 heavy (non-hydrogen) atoms. The first kappa shape index (κ1) is 21.0. The van der Waals surface area contributed by atoms with Crippen molar-refractivity contribution in [2.75, 3.05) is 33.4 Å². The predicted molar refractivity (Wildman–Crippen MR) is 109 cm³/mol. The van der Waals surface area contributed by atoms with E-state index in [0.717, 1.165) is 17.5 Å². The van der Waals surface area contributed by atoms with E-state index in [2.05, 4.69) is 5.32 Å². The highest BCUT2D eigenvalue weighted by Crippen LogP contribution is 2.34. The molecule has 154 valence electrons. The molecule has 1 aliphatic rings. The number of hydrogen-bond acceptors (Lipinski definition) is 3. The first-order valence-electron chi connectivity index (χ1n) is 9.87. The second-order valence-electron chi connectivity index (χ2n) is 7.48. The number of ether oxygens (including phenoxy) is 1. The fourth-order valence-corrected chi connectivity index (χ4v) is 3.72. The third-order valence-electron chi connectivity index (χ3n) is 5.36. The third-order valence-corrected chi connectivity index (χ3v) is 5.36. The molecule has 2 atom stereocenters. The van der Waals surface area contributed by atoms with E-state index in [9.17, 15) is 14.0 Å². The molecule has 3 rings (SSSR count). The number of nitrogens with one attached hydrogen (secondary N) is 1. The van der Waals surface area contributed by atoms with Gasteiger partial charge in [0.25, 0.3) is 5.91 Å². The van der Waals surface area contributed by atoms with Crippen molar-refractivity contribution in [3.8, 4) is 0 Å². The van der Waals surface area contributed by atoms with Gasteiger partial charge in [-0.25, -0.2) is 4.39 Å². The first-order valence-corrected chi connectivity index (χ1v) is 9.87. The number of nitrogens with zero attached hydrogens (tertiary/aromatic N) is 1. The monoisotopic (exact) mass is 398 g/mol. The van der Waals surface area contributed by atoms with Crippen LogP contribution >= 0.6 is 0 Å². The van der Waals surface area contributed by atoms with Crippen molar-refractivity contribution >= 4 is 11.8 Å². The number of carbonyl (C=O) groups excluding carboxylic acids is 2. The van der Waals surface area contributed by atoms with E-state index in [-0.39, 0.29) is 29.5 Å². The van der Waals surface area contributed by atoms with Crippen LogP contribution in [0.25, 0.3) is 0 Å². The molecule has 1 saturated heterocycles. The van der Waals surface area contributed by atoms with Gasteiger partial charge < -0.3 is 15.0 Å². The maximum Gasteiger partial charge on any atom is 0.253 e. The zero-order chi connectivity index (χ0) is 20.8. The average Bonchev–Trinajstić information content (AvgIpc) is 3.17. The lowest BCUT2D eigenvalue weighted by molar-refractivity contribution is -0.124. The molecule has 0 bridgehead atoms. The Morgan fingerprint density at radius 3 is 2.45 bits per heavy atom. The Morgan fingerprint density at radius 1 is 1.10 bits per heavy atom. The van der Waals surface area contributed by atoms with Crippen LogP contribution in [0.1, 0.15) is 33.8 Å². The molecule has 0 unspecified atom stereocenters. The molecule has 0 saturated carbocycles. The minimum absolute atomic E-state index is 0.0546. The summed E-state index contributed by atoms with van der Waals surface area (Å²) in [6.45, 7) is 3.93. The number of likely N-dealkylation sites (tertiary alicyclic amines) is 1. The van der Waals surface area contributed by atoms with Crippen LogP contribution in [0, 0.1) is 18.7 Å². The maximum absolute atomic E-state index is 13.2. The number of rotatable bonds is 7. The number of hydrogen-bond donors (Lipinski definition) is 1. The molecule has 5 nitrogen and oxygen atoms in total. The number of carbonyl (C=O) groups is 2. The van der Waals surface area contributed by atoms with E-state index < -0.39 is 0 Å². The van der Waals surface area contributed by atoms with Gasteiger partial charge >= 0.3 is 0 Å². The molecule has 2 amide bonds. The Kier molecular flexibility index (Phi) is 6.99. The molecule has 0 aromatic heterocycles. The van der Waals surface area contributed by atoms with E-state index in [1.807, 2.05) is 31.2 Å². The van der Waals surface area contributed by atoms with Gasteiger partial charge in [0.05, 0.1) is 5.92 Å². The summed E-state index contributed by atoms with van der Waals surface area (Å²) in [5.41, 5.74) is 2.61. The summed E-state index contributed by atoms with van der Waals surface area (Å²) in [6, 6.07) is 13.6. The standard InChI is InChI=1S/C23H27FN2O3/c1-16-4-6-17(7-5-16)20-14-26(23(28)18-8-10-19(24)11-9-18)15-21(20)22(27)25-12-3-13-29-2/h4-11,20-21H,3,12-15H2,1-2H3,(H,25,27)/t20-,21+/m1/s1. The minimum atomic E-state index is -0.381. The summed E-state index contributed by atoms with van der Waals surface area (Å²) < 4.78 is 18.2. The highest BCUT2D eigenvalue weighted by molar-refractivity contribution is 5.95. The average molecular weight is 398 g/mol. The quantitative estimate of drug-likeness (QED) is 0.729. The van der Waals surface area contributed by atoms with Crippen LogP contribution in [0.5, 0.6) is 0 Å². The first-order chi connectivity index (χ1) is 14.0. The molecule has 1 aliphatic heterocycles. The molecule has 0 spiro atoms. The third kappa shape index (κ3) is 5.21. The summed E-state index contributed by atoms with van der Waals surface area (Å²) in [5.74, 6) is -1.03. The van der Waals surface area contributed by atoms with E-state index in [1.54, 1.807) is 12.0 Å². The zero-order valence-corrected chi connectivity index (χ0v) is 16.9. The van der Waals surface area contributed by atoms with Gasteiger partial charge in [0.1, 0.15) is 5.82 Å². The van der Waals surface area contributed by atoms with Crippen LogP contribution in [-0.2, 0) is 9.53 Å². The van der Waals surface area contributed by atoms with Crippen LogP contribution < -0.4 is 5.32 Å². The van der Waals surface area contributed by atoms with Crippen LogP contribution in [0.4, 0.5) is 4.39 Å². The SMILES string of the molecule is COCCCNC(=O)[C@H]1CN(C(=O)c2ccc(F)cc2)C[C@@H]1c1ccc(C)cc1. The van der Waals surface area contributed by atoms with Crippen LogP contribution in [0.15, 0.2) is 48.5 Å². The van der Waals surface area contributed by atoms with E-state index in [4.69, 9.17) is 4.74 Å². The van der Waals surface area contributed by atoms with Crippen molar-refractivity contribution in [2.24, 2.45) is 5.92 Å². The Morgan fingerprint density at radius 2 is 1.79 bits per heavy atom. The van der Waals surface area contributed by atoms with Gasteiger partial charge in [0.15, 0.2) is 0 Å². The van der Waals surface area contributed by atoms with Crippen LogP contribution in [-0.4, -0.2) is 50.1 Å². The Labute approximate surface area is 170 Å². The summed E-state index contributed by atoms with van der Waals surface area (Å²) >= 11 is 0. The van der Waals surface area contributed by atoms with Crippen molar-refractivity contribution < 1.29 is 18.7 Å². The number of amides is 2. The van der Waals surface area contributed by atoms with Gasteiger partial charge in [-0.2, -0.15) is 0 Å². The topological polar surface area (TPSA) is 58.6 Å². The molecule has 0 radical (unpaired) electrons. The number of halogens is 1. The van der Waals surface area contributed by atoms with Gasteiger partial charge in [-0.3, -0.25) is 9.59 Å². The Balaban J connectivity index is 1.77. The number of methoxy groups -OCH3 is 1. The molecule has 1 heterocycles. The lowest BCUT2D eigenvalue weighted by Crippen LogP contribution is -2.36. The van der Waals surface area contributed by atoms with Crippen molar-refractivity contribution in [3.63, 3.8) is 0 Å². The van der Waals surface area contributed by atoms with E-state index in [0.29, 0.717) is 31.8 Å². The zero-order valence-electron chi connectivity index (χ0n) is 16.9. The summed E-state index contributed by atoms with van der Waals surface area (Å²) in [7, 11) is 1.63. The second-order valence-corrected chi connectivity index (χ2v) is 7.48. The lowest BCUT2D eigenvalue weighted by Gasteiger charge is -2.18. The molecule has 1 N–H and O–H groups in total. The molecule has 1 fully saturated rings. The Bertz CT molecular complexity index is 836. The predicted octanol–water partition coefficient (Wildman–Crippen LogP) is 3.14. The fourth-order valence-electron chi connectivity index (χ4n) is 3.72. The summed E-state index contributed by atoms with van der Waals surface area (Å²) in [5, 5.41) is 2.97. The van der Waals surface area contributed by atoms with Gasteiger partial charge in [-0.1, -0.05) is 29.8 Å². The largest absolute Gasteiger partial charge is 0.385 e. The summed E-state index contributed by atoms with van der Waals surface area (Å²) in [6.07, 6.45) is 0.738. The molecular weight excluding hydrogens is 371 g/mol. The lowest BCUT2D eigenvalue weighted by atomic mass is 9.88. The van der Waals surface area contributed by atoms with Gasteiger partial charge in [0, 0.05) is 44.8 Å². The highest BCUT2D eigenvalue weighted by atomic mass is 19.1. The fraction of sp³-hybridized carbons (Fsp3) is 0.391. The summed E-state index contributed by atoms with van der Waals surface area (Å²) in [4.78, 5) is 27.5. The normalized spacial score (nSPS) is 18.7. The molecule has 0 aliphatic carbocycles. The van der Waals surface area contributed by atoms with Crippen molar-refractivity contribution in [3.05, 3.63) is 71.0 Å². The number of aryl methyl sites for hydroxylation is 1. The smallest absolute Gasteiger partial charge is 0.253 e. The van der Waals surface area contributed by atoms with Crippen molar-refractivity contribution in [1.29, 1.82) is 0 Å². The Hall–Kier alpha value is -2.73. The van der Waals surface area contributed by atoms with Gasteiger partial charge in [-0.15, -0.1) is 0 Å². The molecule has 6 heteroatoms.